The number of hydrogen-bond donors (Lipinski definition) is 0. The summed E-state index contributed by atoms with van der Waals surface area (Å²) in [5, 5.41) is 9.44. The molecule has 44 heavy (non-hydrogen) atoms. The number of aryl methyl sites for hydroxylation is 2. The summed E-state index contributed by atoms with van der Waals surface area (Å²) < 4.78 is 5.02. The van der Waals surface area contributed by atoms with Crippen LogP contribution in [0.25, 0.3) is 70.9 Å². The fourth-order valence-corrected chi connectivity index (χ4v) is 7.81. The molecule has 3 aromatic heterocycles. The number of hydrogen-bond acceptors (Lipinski definition) is 0. The Morgan fingerprint density at radius 1 is 0.682 bits per heavy atom. The van der Waals surface area contributed by atoms with E-state index < -0.39 is 0 Å². The highest BCUT2D eigenvalue weighted by Crippen LogP contribution is 2.48. The van der Waals surface area contributed by atoms with Crippen molar-refractivity contribution in [3.05, 3.63) is 108 Å². The van der Waals surface area contributed by atoms with Crippen molar-refractivity contribution in [2.24, 2.45) is 12.5 Å². The van der Waals surface area contributed by atoms with Gasteiger partial charge in [-0.15, -0.1) is 0 Å². The fraction of sp³-hybridized carbons (Fsp3) is 0.262. The van der Waals surface area contributed by atoms with Gasteiger partial charge in [-0.3, -0.25) is 0 Å². The van der Waals surface area contributed by atoms with Crippen molar-refractivity contribution >= 4 is 59.8 Å². The van der Waals surface area contributed by atoms with Crippen LogP contribution in [0.5, 0.6) is 0 Å². The molecule has 0 fully saturated rings. The zero-order valence-electron chi connectivity index (χ0n) is 27.3. The third-order valence-corrected chi connectivity index (χ3v) is 9.80. The van der Waals surface area contributed by atoms with E-state index in [1.165, 1.54) is 87.6 Å². The van der Waals surface area contributed by atoms with E-state index in [4.69, 9.17) is 0 Å². The Labute approximate surface area is 259 Å². The molecule has 218 valence electrons. The fourth-order valence-electron chi connectivity index (χ4n) is 7.81. The van der Waals surface area contributed by atoms with Gasteiger partial charge >= 0.3 is 0 Å². The van der Waals surface area contributed by atoms with Crippen LogP contribution in [0.15, 0.2) is 91.1 Å². The van der Waals surface area contributed by atoms with Gasteiger partial charge in [0, 0.05) is 16.8 Å². The molecule has 0 saturated carbocycles. The number of fused-ring (bicyclic) bond motifs is 7. The maximum atomic E-state index is 2.65. The summed E-state index contributed by atoms with van der Waals surface area (Å²) in [6.07, 6.45) is 3.25. The van der Waals surface area contributed by atoms with Gasteiger partial charge in [0.1, 0.15) is 7.05 Å². The Balaban J connectivity index is 1.74. The summed E-state index contributed by atoms with van der Waals surface area (Å²) in [5.74, 6) is 0. The lowest BCUT2D eigenvalue weighted by Crippen LogP contribution is -2.29. The standard InChI is InChI=1S/C42H41N2/c1-25-31-23-28(42(5,6)7)18-19-29(31)33(24-41(2,3)4)38-35(25)39-36-27(20-21-43(39)8)22-32(26-14-10-9-11-15-26)37-30-16-12-13-17-34(30)44(38)40(36)37/h9-23H,24H2,1-8H3/q+1. The highest BCUT2D eigenvalue weighted by atomic mass is 15.0. The van der Waals surface area contributed by atoms with Crippen LogP contribution in [0.2, 0.25) is 0 Å². The van der Waals surface area contributed by atoms with Gasteiger partial charge in [0.2, 0.25) is 5.52 Å². The van der Waals surface area contributed by atoms with Crippen molar-refractivity contribution in [2.75, 3.05) is 0 Å². The van der Waals surface area contributed by atoms with Gasteiger partial charge in [0.05, 0.1) is 27.3 Å². The van der Waals surface area contributed by atoms with Crippen LogP contribution in [0, 0.1) is 12.3 Å². The maximum Gasteiger partial charge on any atom is 0.224 e. The van der Waals surface area contributed by atoms with Gasteiger partial charge in [-0.05, 0) is 80.3 Å². The van der Waals surface area contributed by atoms with Crippen molar-refractivity contribution in [3.8, 4) is 11.1 Å². The predicted octanol–water partition coefficient (Wildman–Crippen LogP) is 10.8. The van der Waals surface area contributed by atoms with Crippen LogP contribution in [0.3, 0.4) is 0 Å². The van der Waals surface area contributed by atoms with Crippen LogP contribution in [0.1, 0.15) is 58.2 Å². The Kier molecular flexibility index (Phi) is 5.58. The number of rotatable bonds is 2. The quantitative estimate of drug-likeness (QED) is 0.110. The van der Waals surface area contributed by atoms with Crippen LogP contribution < -0.4 is 4.57 Å². The summed E-state index contributed by atoms with van der Waals surface area (Å²) in [6, 6.07) is 32.0. The molecule has 0 atom stereocenters. The van der Waals surface area contributed by atoms with Gasteiger partial charge in [0.25, 0.3) is 0 Å². The van der Waals surface area contributed by atoms with E-state index >= 15 is 0 Å². The molecule has 8 aromatic rings. The van der Waals surface area contributed by atoms with E-state index in [0.717, 1.165) is 6.42 Å². The first-order valence-electron chi connectivity index (χ1n) is 16.0. The van der Waals surface area contributed by atoms with E-state index in [0.29, 0.717) is 0 Å². The minimum Gasteiger partial charge on any atom is -0.307 e. The smallest absolute Gasteiger partial charge is 0.224 e. The largest absolute Gasteiger partial charge is 0.307 e. The summed E-state index contributed by atoms with van der Waals surface area (Å²) in [6.45, 7) is 16.5. The molecule has 5 aromatic carbocycles. The molecule has 0 aliphatic rings. The molecule has 0 aliphatic heterocycles. The van der Waals surface area contributed by atoms with E-state index in [9.17, 15) is 0 Å². The zero-order chi connectivity index (χ0) is 30.7. The first kappa shape index (κ1) is 27.1. The number of para-hydroxylation sites is 1. The van der Waals surface area contributed by atoms with E-state index in [2.05, 4.69) is 156 Å². The highest BCUT2D eigenvalue weighted by molar-refractivity contribution is 6.31. The van der Waals surface area contributed by atoms with Crippen LogP contribution in [0.4, 0.5) is 0 Å². The highest BCUT2D eigenvalue weighted by Gasteiger charge is 2.30. The topological polar surface area (TPSA) is 8.29 Å². The molecule has 0 unspecified atom stereocenters. The monoisotopic (exact) mass is 573 g/mol. The van der Waals surface area contributed by atoms with E-state index in [-0.39, 0.29) is 10.8 Å². The number of pyridine rings is 2. The molecule has 0 radical (unpaired) electrons. The molecular weight excluding hydrogens is 532 g/mol. The Bertz CT molecular complexity index is 2430. The molecule has 0 saturated heterocycles. The minimum atomic E-state index is 0.0780. The predicted molar refractivity (Wildman–Crippen MR) is 189 cm³/mol. The molecule has 0 N–H and O–H groups in total. The lowest BCUT2D eigenvalue weighted by molar-refractivity contribution is -0.643. The Hall–Kier alpha value is -4.43. The number of benzene rings is 5. The van der Waals surface area contributed by atoms with Crippen molar-refractivity contribution in [1.82, 2.24) is 4.40 Å². The Morgan fingerprint density at radius 3 is 2.14 bits per heavy atom. The van der Waals surface area contributed by atoms with Gasteiger partial charge < -0.3 is 4.40 Å². The van der Waals surface area contributed by atoms with Crippen molar-refractivity contribution in [1.29, 1.82) is 0 Å². The molecule has 3 heterocycles. The van der Waals surface area contributed by atoms with Gasteiger partial charge in [-0.2, -0.15) is 0 Å². The average molecular weight is 574 g/mol. The van der Waals surface area contributed by atoms with Crippen LogP contribution >= 0.6 is 0 Å². The van der Waals surface area contributed by atoms with Gasteiger partial charge in [0.15, 0.2) is 6.20 Å². The van der Waals surface area contributed by atoms with Crippen LogP contribution in [-0.4, -0.2) is 4.40 Å². The first-order valence-corrected chi connectivity index (χ1v) is 16.0. The van der Waals surface area contributed by atoms with Crippen LogP contribution in [-0.2, 0) is 18.9 Å². The molecule has 2 nitrogen and oxygen atoms in total. The lowest BCUT2D eigenvalue weighted by atomic mass is 9.80. The average Bonchev–Trinajstić information content (AvgIpc) is 3.34. The second-order valence-electron chi connectivity index (χ2n) is 15.2. The van der Waals surface area contributed by atoms with Gasteiger partial charge in [-0.1, -0.05) is 108 Å². The molecular formula is C42H41N2+. The molecule has 0 amide bonds. The SMILES string of the molecule is Cc1c2cc(C(C)(C)C)ccc2c(CC(C)(C)C)c2c1c1c3c(cc[n+]1C)cc(-c1ccccc1)c1c4ccccc4n2c13. The van der Waals surface area contributed by atoms with Crippen molar-refractivity contribution in [2.45, 2.75) is 60.3 Å². The van der Waals surface area contributed by atoms with Crippen molar-refractivity contribution < 1.29 is 4.57 Å². The summed E-state index contributed by atoms with van der Waals surface area (Å²) >= 11 is 0. The lowest BCUT2D eigenvalue weighted by Gasteiger charge is -2.26. The van der Waals surface area contributed by atoms with E-state index in [1.54, 1.807) is 0 Å². The molecule has 8 rings (SSSR count). The summed E-state index contributed by atoms with van der Waals surface area (Å²) in [7, 11) is 2.23. The summed E-state index contributed by atoms with van der Waals surface area (Å²) in [4.78, 5) is 0. The van der Waals surface area contributed by atoms with Gasteiger partial charge in [-0.25, -0.2) is 4.57 Å². The first-order chi connectivity index (χ1) is 20.9. The molecule has 2 heteroatoms. The minimum absolute atomic E-state index is 0.0780. The van der Waals surface area contributed by atoms with Crippen molar-refractivity contribution in [3.63, 3.8) is 0 Å². The zero-order valence-corrected chi connectivity index (χ0v) is 27.3. The van der Waals surface area contributed by atoms with E-state index in [1.807, 2.05) is 0 Å². The second-order valence-corrected chi connectivity index (χ2v) is 15.2. The third-order valence-electron chi connectivity index (χ3n) is 9.80. The second kappa shape index (κ2) is 9.05. The molecule has 0 bridgehead atoms. The Morgan fingerprint density at radius 2 is 1.41 bits per heavy atom. The number of aromatic nitrogens is 2. The summed E-state index contributed by atoms with van der Waals surface area (Å²) in [5.41, 5.74) is 12.3. The normalized spacial score (nSPS) is 13.1. The maximum absolute atomic E-state index is 2.65. The molecule has 0 spiro atoms. The third kappa shape index (κ3) is 3.76. The molecule has 0 aliphatic carbocycles. The number of nitrogens with zero attached hydrogens (tertiary/aromatic N) is 2.